The molecule has 0 aliphatic rings. The van der Waals surface area contributed by atoms with Crippen molar-refractivity contribution in [1.82, 2.24) is 0 Å². The van der Waals surface area contributed by atoms with E-state index in [1.54, 1.807) is 38.1 Å². The van der Waals surface area contributed by atoms with Gasteiger partial charge in [0.15, 0.2) is 5.78 Å². The van der Waals surface area contributed by atoms with Crippen LogP contribution in [0.4, 0.5) is 5.69 Å². The number of halogens is 1. The minimum atomic E-state index is -0.268. The lowest BCUT2D eigenvalue weighted by atomic mass is 10.0. The molecule has 2 atom stereocenters. The number of hydrogen-bond acceptors (Lipinski definition) is 3. The van der Waals surface area contributed by atoms with E-state index in [9.17, 15) is 9.59 Å². The highest BCUT2D eigenvalue weighted by Gasteiger charge is 2.17. The second-order valence-corrected chi connectivity index (χ2v) is 4.27. The summed E-state index contributed by atoms with van der Waals surface area (Å²) in [5, 5.41) is 2.75. The first-order valence-electron chi connectivity index (χ1n) is 5.59. The third kappa shape index (κ3) is 4.47. The molecule has 0 saturated heterocycles. The normalized spacial score (nSPS) is 13.1. The second-order valence-electron chi connectivity index (χ2n) is 4.27. The summed E-state index contributed by atoms with van der Waals surface area (Å²) in [6.07, 6.45) is 0. The van der Waals surface area contributed by atoms with Crippen molar-refractivity contribution >= 4 is 29.8 Å². The van der Waals surface area contributed by atoms with Crippen LogP contribution in [0, 0.1) is 5.92 Å². The van der Waals surface area contributed by atoms with Gasteiger partial charge in [-0.15, -0.1) is 12.4 Å². The van der Waals surface area contributed by atoms with E-state index < -0.39 is 0 Å². The summed E-state index contributed by atoms with van der Waals surface area (Å²) < 4.78 is 0. The van der Waals surface area contributed by atoms with Crippen LogP contribution in [0.2, 0.25) is 0 Å². The van der Waals surface area contributed by atoms with Gasteiger partial charge < -0.3 is 11.1 Å². The molecule has 100 valence electrons. The lowest BCUT2D eigenvalue weighted by molar-refractivity contribution is -0.119. The maximum atomic E-state index is 11.8. The van der Waals surface area contributed by atoms with E-state index in [0.29, 0.717) is 11.3 Å². The quantitative estimate of drug-likeness (QED) is 0.824. The van der Waals surface area contributed by atoms with Crippen molar-refractivity contribution in [3.05, 3.63) is 29.8 Å². The Hall–Kier alpha value is -1.39. The lowest BCUT2D eigenvalue weighted by Crippen LogP contribution is -2.34. The van der Waals surface area contributed by atoms with Gasteiger partial charge in [0.05, 0.1) is 5.92 Å². The zero-order valence-corrected chi connectivity index (χ0v) is 11.6. The highest BCUT2D eigenvalue weighted by molar-refractivity contribution is 5.97. The van der Waals surface area contributed by atoms with Crippen molar-refractivity contribution in [2.75, 3.05) is 5.32 Å². The smallest absolute Gasteiger partial charge is 0.228 e. The summed E-state index contributed by atoms with van der Waals surface area (Å²) in [4.78, 5) is 23.0. The highest BCUT2D eigenvalue weighted by Crippen LogP contribution is 2.13. The first-order valence-corrected chi connectivity index (χ1v) is 5.59. The molecule has 1 aromatic rings. The van der Waals surface area contributed by atoms with Gasteiger partial charge in [-0.05, 0) is 26.0 Å². The molecule has 0 radical (unpaired) electrons. The fraction of sp³-hybridized carbons (Fsp3) is 0.385. The average Bonchev–Trinajstić information content (AvgIpc) is 2.28. The number of Topliss-reactive ketones (excluding diaryl/α,β-unsaturated/α-hetero) is 1. The molecule has 0 heterocycles. The zero-order valence-electron chi connectivity index (χ0n) is 10.8. The number of hydrogen-bond donors (Lipinski definition) is 2. The summed E-state index contributed by atoms with van der Waals surface area (Å²) in [6.45, 7) is 5.05. The Morgan fingerprint density at radius 2 is 1.89 bits per heavy atom. The van der Waals surface area contributed by atoms with Gasteiger partial charge in [0.2, 0.25) is 5.91 Å². The predicted molar refractivity (Wildman–Crippen MR) is 75.1 cm³/mol. The molecule has 18 heavy (non-hydrogen) atoms. The maximum Gasteiger partial charge on any atom is 0.228 e. The summed E-state index contributed by atoms with van der Waals surface area (Å²) in [5.41, 5.74) is 6.85. The number of carbonyl (C=O) groups excluding carboxylic acids is 2. The summed E-state index contributed by atoms with van der Waals surface area (Å²) in [5.74, 6) is -0.432. The fourth-order valence-corrected chi connectivity index (χ4v) is 1.31. The molecule has 1 aromatic carbocycles. The number of amides is 1. The first kappa shape index (κ1) is 16.6. The highest BCUT2D eigenvalue weighted by atomic mass is 35.5. The SMILES string of the molecule is CC(=O)c1cccc(NC(=O)C(C)C(C)N)c1.Cl. The van der Waals surface area contributed by atoms with Crippen LogP contribution in [0.5, 0.6) is 0 Å². The first-order chi connectivity index (χ1) is 7.91. The molecule has 0 aromatic heterocycles. The van der Waals surface area contributed by atoms with Gasteiger partial charge in [0.25, 0.3) is 0 Å². The molecule has 0 spiro atoms. The molecule has 4 nitrogen and oxygen atoms in total. The molecule has 5 heteroatoms. The van der Waals surface area contributed by atoms with Crippen molar-refractivity contribution < 1.29 is 9.59 Å². The largest absolute Gasteiger partial charge is 0.327 e. The Morgan fingerprint density at radius 3 is 2.39 bits per heavy atom. The van der Waals surface area contributed by atoms with Gasteiger partial charge >= 0.3 is 0 Å². The molecule has 1 rings (SSSR count). The van der Waals surface area contributed by atoms with Crippen LogP contribution < -0.4 is 11.1 Å². The topological polar surface area (TPSA) is 72.2 Å². The molecule has 0 aliphatic heterocycles. The van der Waals surface area contributed by atoms with Gasteiger partial charge in [0.1, 0.15) is 0 Å². The Balaban J connectivity index is 0.00000289. The van der Waals surface area contributed by atoms with E-state index in [0.717, 1.165) is 0 Å². The summed E-state index contributed by atoms with van der Waals surface area (Å²) >= 11 is 0. The monoisotopic (exact) mass is 270 g/mol. The van der Waals surface area contributed by atoms with Gasteiger partial charge in [0, 0.05) is 17.3 Å². The van der Waals surface area contributed by atoms with Gasteiger partial charge in [-0.3, -0.25) is 9.59 Å². The Kier molecular flexibility index (Phi) is 6.58. The van der Waals surface area contributed by atoms with Crippen molar-refractivity contribution in [3.8, 4) is 0 Å². The van der Waals surface area contributed by atoms with E-state index in [2.05, 4.69) is 5.32 Å². The van der Waals surface area contributed by atoms with Crippen LogP contribution in [0.25, 0.3) is 0 Å². The number of anilines is 1. The Bertz CT molecular complexity index is 433. The number of carbonyl (C=O) groups is 2. The van der Waals surface area contributed by atoms with E-state index in [1.165, 1.54) is 6.92 Å². The van der Waals surface area contributed by atoms with Gasteiger partial charge in [-0.25, -0.2) is 0 Å². The van der Waals surface area contributed by atoms with Crippen LogP contribution in [0.3, 0.4) is 0 Å². The zero-order chi connectivity index (χ0) is 13.0. The summed E-state index contributed by atoms with van der Waals surface area (Å²) in [7, 11) is 0. The van der Waals surface area contributed by atoms with E-state index >= 15 is 0 Å². The molecule has 0 aliphatic carbocycles. The van der Waals surface area contributed by atoms with Crippen LogP contribution in [-0.2, 0) is 4.79 Å². The molecule has 0 bridgehead atoms. The number of benzene rings is 1. The molecule has 2 unspecified atom stereocenters. The number of nitrogens with two attached hydrogens (primary N) is 1. The summed E-state index contributed by atoms with van der Waals surface area (Å²) in [6, 6.07) is 6.66. The van der Waals surface area contributed by atoms with E-state index in [-0.39, 0.29) is 36.1 Å². The minimum absolute atomic E-state index is 0. The maximum absolute atomic E-state index is 11.8. The molecular formula is C13H19ClN2O2. The van der Waals surface area contributed by atoms with E-state index in [1.807, 2.05) is 0 Å². The third-order valence-corrected chi connectivity index (χ3v) is 2.74. The standard InChI is InChI=1S/C13H18N2O2.ClH/c1-8(9(2)14)13(17)15-12-6-4-5-11(7-12)10(3)16;/h4-9H,14H2,1-3H3,(H,15,17);1H. The van der Waals surface area contributed by atoms with Crippen molar-refractivity contribution in [2.45, 2.75) is 26.8 Å². The number of nitrogens with one attached hydrogen (secondary N) is 1. The van der Waals surface area contributed by atoms with E-state index in [4.69, 9.17) is 5.73 Å². The molecule has 1 amide bonds. The van der Waals surface area contributed by atoms with Crippen LogP contribution in [0.1, 0.15) is 31.1 Å². The lowest BCUT2D eigenvalue weighted by Gasteiger charge is -2.15. The molecule has 0 saturated carbocycles. The van der Waals surface area contributed by atoms with Gasteiger partial charge in [-0.1, -0.05) is 19.1 Å². The molecule has 3 N–H and O–H groups in total. The predicted octanol–water partition coefficient (Wildman–Crippen LogP) is 2.23. The molecule has 0 fully saturated rings. The van der Waals surface area contributed by atoms with Crippen LogP contribution in [-0.4, -0.2) is 17.7 Å². The van der Waals surface area contributed by atoms with Crippen molar-refractivity contribution in [3.63, 3.8) is 0 Å². The minimum Gasteiger partial charge on any atom is -0.327 e. The average molecular weight is 271 g/mol. The Labute approximate surface area is 113 Å². The third-order valence-electron chi connectivity index (χ3n) is 2.74. The number of ketones is 1. The number of rotatable bonds is 4. The fourth-order valence-electron chi connectivity index (χ4n) is 1.31. The van der Waals surface area contributed by atoms with Crippen molar-refractivity contribution in [2.24, 2.45) is 11.7 Å². The Morgan fingerprint density at radius 1 is 1.28 bits per heavy atom. The van der Waals surface area contributed by atoms with Crippen LogP contribution in [0.15, 0.2) is 24.3 Å². The van der Waals surface area contributed by atoms with Crippen molar-refractivity contribution in [1.29, 1.82) is 0 Å². The van der Waals surface area contributed by atoms with Gasteiger partial charge in [-0.2, -0.15) is 0 Å². The van der Waals surface area contributed by atoms with Crippen LogP contribution >= 0.6 is 12.4 Å². The second kappa shape index (κ2) is 7.13. The molecular weight excluding hydrogens is 252 g/mol.